The van der Waals surface area contributed by atoms with Gasteiger partial charge in [-0.3, -0.25) is 4.72 Å². The number of thiophene rings is 1. The number of aromatic nitrogens is 2. The van der Waals surface area contributed by atoms with Crippen LogP contribution >= 0.6 is 11.3 Å². The zero-order valence-electron chi connectivity index (χ0n) is 11.9. The molecule has 7 heteroatoms. The zero-order chi connectivity index (χ0) is 15.2. The Balaban J connectivity index is 2.08. The number of rotatable bonds is 3. The fourth-order valence-electron chi connectivity index (χ4n) is 2.13. The van der Waals surface area contributed by atoms with Crippen molar-refractivity contribution in [2.24, 2.45) is 0 Å². The number of fused-ring (bicyclic) bond motifs is 1. The van der Waals surface area contributed by atoms with Crippen LogP contribution in [0.15, 0.2) is 34.7 Å². The summed E-state index contributed by atoms with van der Waals surface area (Å²) in [5.41, 5.74) is 2.98. The first-order valence-corrected chi connectivity index (χ1v) is 8.72. The highest BCUT2D eigenvalue weighted by molar-refractivity contribution is 7.94. The molecule has 5 nitrogen and oxygen atoms in total. The summed E-state index contributed by atoms with van der Waals surface area (Å²) in [6.07, 6.45) is 1.87. The van der Waals surface area contributed by atoms with Crippen LogP contribution in [-0.2, 0) is 10.0 Å². The standard InChI is InChI=1S/C14H15N3O2S2/c1-9-6-7-13(20-9)21(18,19)16-12-5-4-8-17-11(3)10(2)15-14(12)17/h4-8,16H,1-3H3. The van der Waals surface area contributed by atoms with Crippen LogP contribution in [-0.4, -0.2) is 17.8 Å². The van der Waals surface area contributed by atoms with E-state index in [4.69, 9.17) is 0 Å². The maximum absolute atomic E-state index is 12.4. The van der Waals surface area contributed by atoms with Crippen molar-refractivity contribution in [2.75, 3.05) is 4.72 Å². The topological polar surface area (TPSA) is 63.5 Å². The number of sulfonamides is 1. The van der Waals surface area contributed by atoms with Crippen molar-refractivity contribution in [3.05, 3.63) is 46.7 Å². The van der Waals surface area contributed by atoms with Gasteiger partial charge in [-0.1, -0.05) is 0 Å². The summed E-state index contributed by atoms with van der Waals surface area (Å²) in [7, 11) is -3.57. The summed E-state index contributed by atoms with van der Waals surface area (Å²) < 4.78 is 29.6. The summed E-state index contributed by atoms with van der Waals surface area (Å²) in [6, 6.07) is 6.94. The van der Waals surface area contributed by atoms with Crippen LogP contribution < -0.4 is 4.72 Å². The van der Waals surface area contributed by atoms with Crippen molar-refractivity contribution in [1.29, 1.82) is 0 Å². The molecule has 0 saturated carbocycles. The Morgan fingerprint density at radius 1 is 1.19 bits per heavy atom. The van der Waals surface area contributed by atoms with Gasteiger partial charge >= 0.3 is 0 Å². The molecule has 1 N–H and O–H groups in total. The Morgan fingerprint density at radius 3 is 2.62 bits per heavy atom. The Labute approximate surface area is 127 Å². The molecule has 0 spiro atoms. The van der Waals surface area contributed by atoms with Crippen molar-refractivity contribution in [2.45, 2.75) is 25.0 Å². The minimum Gasteiger partial charge on any atom is -0.302 e. The van der Waals surface area contributed by atoms with Gasteiger partial charge in [0.05, 0.1) is 11.4 Å². The number of hydrogen-bond acceptors (Lipinski definition) is 4. The number of pyridine rings is 1. The molecule has 0 aliphatic heterocycles. The minimum absolute atomic E-state index is 0.307. The average molecular weight is 321 g/mol. The highest BCUT2D eigenvalue weighted by atomic mass is 32.2. The van der Waals surface area contributed by atoms with E-state index in [-0.39, 0.29) is 0 Å². The molecule has 0 unspecified atom stereocenters. The lowest BCUT2D eigenvalue weighted by atomic mass is 10.4. The van der Waals surface area contributed by atoms with Crippen molar-refractivity contribution in [3.63, 3.8) is 0 Å². The maximum atomic E-state index is 12.4. The largest absolute Gasteiger partial charge is 0.302 e. The molecule has 0 radical (unpaired) electrons. The fourth-order valence-corrected chi connectivity index (χ4v) is 4.47. The van der Waals surface area contributed by atoms with E-state index in [0.717, 1.165) is 16.3 Å². The first-order valence-electron chi connectivity index (χ1n) is 6.42. The van der Waals surface area contributed by atoms with Crippen LogP contribution in [0.5, 0.6) is 0 Å². The van der Waals surface area contributed by atoms with Gasteiger partial charge in [0.25, 0.3) is 10.0 Å². The zero-order valence-corrected chi connectivity index (χ0v) is 13.5. The second-order valence-corrected chi connectivity index (χ2v) is 8.07. The highest BCUT2D eigenvalue weighted by Crippen LogP contribution is 2.26. The lowest BCUT2D eigenvalue weighted by molar-refractivity contribution is 0.603. The van der Waals surface area contributed by atoms with Gasteiger partial charge in [-0.25, -0.2) is 13.4 Å². The van der Waals surface area contributed by atoms with Crippen molar-refractivity contribution < 1.29 is 8.42 Å². The van der Waals surface area contributed by atoms with Crippen LogP contribution in [0.2, 0.25) is 0 Å². The molecule has 0 aliphatic rings. The van der Waals surface area contributed by atoms with E-state index >= 15 is 0 Å². The van der Waals surface area contributed by atoms with Gasteiger partial charge < -0.3 is 4.40 Å². The lowest BCUT2D eigenvalue weighted by Crippen LogP contribution is -2.12. The number of anilines is 1. The number of hydrogen-bond donors (Lipinski definition) is 1. The third-order valence-electron chi connectivity index (χ3n) is 3.35. The Bertz CT molecular complexity index is 923. The molecule has 0 bridgehead atoms. The molecule has 3 aromatic rings. The predicted molar refractivity (Wildman–Crippen MR) is 84.5 cm³/mol. The molecular formula is C14H15N3O2S2. The Kier molecular flexibility index (Phi) is 3.26. The molecule has 0 aliphatic carbocycles. The van der Waals surface area contributed by atoms with Gasteiger partial charge in [0.1, 0.15) is 4.21 Å². The van der Waals surface area contributed by atoms with E-state index in [9.17, 15) is 8.42 Å². The third-order valence-corrected chi connectivity index (χ3v) is 6.21. The SMILES string of the molecule is Cc1ccc(S(=O)(=O)Nc2cccn3c(C)c(C)nc23)s1. The van der Waals surface area contributed by atoms with Gasteiger partial charge in [0.15, 0.2) is 5.65 Å². The van der Waals surface area contributed by atoms with Gasteiger partial charge in [-0.05, 0) is 45.0 Å². The van der Waals surface area contributed by atoms with Crippen molar-refractivity contribution in [1.82, 2.24) is 9.38 Å². The lowest BCUT2D eigenvalue weighted by Gasteiger charge is -2.07. The molecule has 0 saturated heterocycles. The van der Waals surface area contributed by atoms with E-state index in [0.29, 0.717) is 15.5 Å². The first-order chi connectivity index (χ1) is 9.88. The molecule has 0 fully saturated rings. The monoisotopic (exact) mass is 321 g/mol. The van der Waals surface area contributed by atoms with Crippen LogP contribution in [0.4, 0.5) is 5.69 Å². The van der Waals surface area contributed by atoms with E-state index in [1.165, 1.54) is 11.3 Å². The molecule has 0 aromatic carbocycles. The summed E-state index contributed by atoms with van der Waals surface area (Å²) in [6.45, 7) is 5.74. The Hall–Kier alpha value is -1.86. The van der Waals surface area contributed by atoms with Crippen LogP contribution in [0.3, 0.4) is 0 Å². The van der Waals surface area contributed by atoms with E-state index in [1.54, 1.807) is 24.3 Å². The predicted octanol–water partition coefficient (Wildman–Crippen LogP) is 3.12. The second kappa shape index (κ2) is 4.85. The van der Waals surface area contributed by atoms with Gasteiger partial charge in [-0.15, -0.1) is 11.3 Å². The number of nitrogens with zero attached hydrogens (tertiary/aromatic N) is 2. The second-order valence-electron chi connectivity index (χ2n) is 4.87. The summed E-state index contributed by atoms with van der Waals surface area (Å²) in [5, 5.41) is 0. The summed E-state index contributed by atoms with van der Waals surface area (Å²) in [5.74, 6) is 0. The van der Waals surface area contributed by atoms with E-state index in [1.807, 2.05) is 31.4 Å². The molecule has 110 valence electrons. The number of aryl methyl sites for hydroxylation is 3. The van der Waals surface area contributed by atoms with E-state index in [2.05, 4.69) is 9.71 Å². The molecule has 3 aromatic heterocycles. The average Bonchev–Trinajstić information content (AvgIpc) is 2.97. The first kappa shape index (κ1) is 14.1. The van der Waals surface area contributed by atoms with Gasteiger partial charge in [0, 0.05) is 16.8 Å². The summed E-state index contributed by atoms with van der Waals surface area (Å²) in [4.78, 5) is 5.39. The van der Waals surface area contributed by atoms with Crippen LogP contribution in [0.25, 0.3) is 5.65 Å². The minimum atomic E-state index is -3.57. The molecule has 21 heavy (non-hydrogen) atoms. The number of nitrogens with one attached hydrogen (secondary N) is 1. The van der Waals surface area contributed by atoms with Gasteiger partial charge in [0.2, 0.25) is 0 Å². The van der Waals surface area contributed by atoms with Crippen LogP contribution in [0.1, 0.15) is 16.3 Å². The molecule has 0 amide bonds. The van der Waals surface area contributed by atoms with Crippen molar-refractivity contribution in [3.8, 4) is 0 Å². The smallest absolute Gasteiger partial charge is 0.271 e. The number of imidazole rings is 1. The normalized spacial score (nSPS) is 12.0. The van der Waals surface area contributed by atoms with Crippen molar-refractivity contribution >= 4 is 32.7 Å². The highest BCUT2D eigenvalue weighted by Gasteiger charge is 2.18. The Morgan fingerprint density at radius 2 is 1.95 bits per heavy atom. The molecule has 0 atom stereocenters. The van der Waals surface area contributed by atoms with Gasteiger partial charge in [-0.2, -0.15) is 0 Å². The molecular weight excluding hydrogens is 306 g/mol. The summed E-state index contributed by atoms with van der Waals surface area (Å²) >= 11 is 1.25. The maximum Gasteiger partial charge on any atom is 0.271 e. The quantitative estimate of drug-likeness (QED) is 0.806. The van der Waals surface area contributed by atoms with Crippen LogP contribution in [0, 0.1) is 20.8 Å². The fraction of sp³-hybridized carbons (Fsp3) is 0.214. The third kappa shape index (κ3) is 2.43. The molecule has 3 rings (SSSR count). The molecule has 3 heterocycles. The van der Waals surface area contributed by atoms with E-state index < -0.39 is 10.0 Å².